The van der Waals surface area contributed by atoms with Gasteiger partial charge in [-0.25, -0.2) is 9.59 Å². The summed E-state index contributed by atoms with van der Waals surface area (Å²) in [6.45, 7) is 9.00. The van der Waals surface area contributed by atoms with Gasteiger partial charge in [0.25, 0.3) is 0 Å². The van der Waals surface area contributed by atoms with Gasteiger partial charge in [0.1, 0.15) is 43.2 Å². The van der Waals surface area contributed by atoms with E-state index in [-0.39, 0.29) is 67.3 Å². The van der Waals surface area contributed by atoms with E-state index < -0.39 is 29.1 Å². The first-order valence-electron chi connectivity index (χ1n) is 19.1. The van der Waals surface area contributed by atoms with Gasteiger partial charge in [0.2, 0.25) is 0 Å². The third-order valence-electron chi connectivity index (χ3n) is 12.8. The molecule has 2 spiro atoms. The second-order valence-electron chi connectivity index (χ2n) is 15.7. The Kier molecular flexibility index (Phi) is 10.6. The molecule has 5 aliphatic heterocycles. The topological polar surface area (TPSA) is 153 Å². The molecule has 0 aromatic heterocycles. The summed E-state index contributed by atoms with van der Waals surface area (Å²) in [5.41, 5.74) is -0.615. The quantitative estimate of drug-likeness (QED) is 0.0592. The lowest BCUT2D eigenvalue weighted by Crippen LogP contribution is -2.70. The lowest BCUT2D eigenvalue weighted by atomic mass is 9.46. The lowest BCUT2D eigenvalue weighted by Gasteiger charge is -2.53. The molecule has 4 saturated heterocycles. The molecule has 2 saturated carbocycles. The van der Waals surface area contributed by atoms with E-state index >= 15 is 0 Å². The number of ether oxygens (including phenoxy) is 10. The van der Waals surface area contributed by atoms with Crippen LogP contribution in [0.15, 0.2) is 11.1 Å². The largest absolute Gasteiger partial charge is 0.508 e. The monoisotopic (exact) mass is 768 g/mol. The van der Waals surface area contributed by atoms with Gasteiger partial charge >= 0.3 is 18.1 Å². The molecule has 8 aliphatic rings. The number of fused-ring (bicyclic) bond motifs is 4. The van der Waals surface area contributed by atoms with Crippen molar-refractivity contribution in [3.63, 3.8) is 0 Å². The van der Waals surface area contributed by atoms with Crippen LogP contribution in [0.4, 0.5) is 4.79 Å². The van der Waals surface area contributed by atoms with Gasteiger partial charge in [-0.15, -0.1) is 0 Å². The van der Waals surface area contributed by atoms with Crippen molar-refractivity contribution >= 4 is 39.7 Å². The molecule has 52 heavy (non-hydrogen) atoms. The fraction of sp³-hybridized carbons (Fsp3) is 0.865. The number of cyclic esters (lactones) is 1. The Labute approximate surface area is 312 Å². The van der Waals surface area contributed by atoms with Crippen LogP contribution in [0.25, 0.3) is 0 Å². The molecular weight excluding hydrogens is 717 g/mol. The van der Waals surface area contributed by atoms with Gasteiger partial charge in [0.05, 0.1) is 45.7 Å². The molecule has 5 heterocycles. The van der Waals surface area contributed by atoms with Crippen LogP contribution < -0.4 is 0 Å². The summed E-state index contributed by atoms with van der Waals surface area (Å²) in [5.74, 6) is 1.03. The Bertz CT molecular complexity index is 1420. The number of unbranched alkanes of at least 4 members (excludes halogenated alkanes) is 1. The molecule has 1 unspecified atom stereocenters. The van der Waals surface area contributed by atoms with E-state index in [1.54, 1.807) is 0 Å². The number of carbonyl (C=O) groups excluding carboxylic acids is 3. The standard InChI is InChI=1S/C37H52O13S2/c1-22(2)35-29(49-35)30-37(50-30)34(3)10-8-24-25(21-46-31(24)39)26(34)20-27-36(37,48-27)32(35)47-33(40)45-18-16-43-14-12-41-11-13-42-15-17-44-28(38)7-5-4-6-23-9-19-51-52-23/h22-23,26-27,29-30,32H,4-21H2,1-3H3/t23?,26-,27-,29-,30-,32+,34-,35-,36+,37+/m0/s1. The second kappa shape index (κ2) is 14.8. The molecule has 0 bridgehead atoms. The summed E-state index contributed by atoms with van der Waals surface area (Å²) < 4.78 is 58.8. The second-order valence-corrected chi connectivity index (χ2v) is 18.5. The van der Waals surface area contributed by atoms with Gasteiger partial charge in [-0.1, -0.05) is 48.8 Å². The summed E-state index contributed by atoms with van der Waals surface area (Å²) in [4.78, 5) is 37.5. The average molecular weight is 769 g/mol. The number of carbonyl (C=O) groups is 3. The molecular formula is C37H52O13S2. The summed E-state index contributed by atoms with van der Waals surface area (Å²) in [6, 6.07) is 0. The first-order chi connectivity index (χ1) is 25.2. The van der Waals surface area contributed by atoms with Crippen molar-refractivity contribution in [2.24, 2.45) is 17.3 Å². The minimum Gasteiger partial charge on any atom is -0.463 e. The lowest BCUT2D eigenvalue weighted by molar-refractivity contribution is -0.145. The van der Waals surface area contributed by atoms with Gasteiger partial charge in [0.15, 0.2) is 11.7 Å². The predicted octanol–water partition coefficient (Wildman–Crippen LogP) is 4.57. The minimum atomic E-state index is -0.824. The third kappa shape index (κ3) is 6.21. The van der Waals surface area contributed by atoms with E-state index in [9.17, 15) is 14.4 Å². The Morgan fingerprint density at radius 1 is 0.923 bits per heavy atom. The van der Waals surface area contributed by atoms with Crippen LogP contribution in [-0.2, 0) is 57.0 Å². The molecule has 290 valence electrons. The molecule has 0 aromatic carbocycles. The smallest absolute Gasteiger partial charge is 0.463 e. The summed E-state index contributed by atoms with van der Waals surface area (Å²) in [5, 5.41) is 0.744. The van der Waals surface area contributed by atoms with Crippen LogP contribution in [0.5, 0.6) is 0 Å². The SMILES string of the molecule is CC(C)[C@]12O[C@H]1[C@@H]1O[C@]13[C@]1(O[C@H]1C[C@H]1C4=C(CC[C@@]13C)C(=O)OC4)[C@@H]2OC(=O)OCCOCCOCCOCCOC(=O)CCCCC1CCSS1. The van der Waals surface area contributed by atoms with Crippen LogP contribution in [0.2, 0.25) is 0 Å². The third-order valence-corrected chi connectivity index (χ3v) is 15.9. The zero-order chi connectivity index (χ0) is 36.1. The number of esters is 2. The summed E-state index contributed by atoms with van der Waals surface area (Å²) in [7, 11) is 3.92. The van der Waals surface area contributed by atoms with Gasteiger partial charge < -0.3 is 47.4 Å². The Hall–Kier alpha value is -1.59. The van der Waals surface area contributed by atoms with Crippen molar-refractivity contribution in [2.75, 3.05) is 65.2 Å². The van der Waals surface area contributed by atoms with E-state index in [1.807, 2.05) is 21.6 Å². The van der Waals surface area contributed by atoms with Crippen LogP contribution in [0.1, 0.15) is 72.1 Å². The Morgan fingerprint density at radius 2 is 1.65 bits per heavy atom. The maximum absolute atomic E-state index is 13.2. The zero-order valence-corrected chi connectivity index (χ0v) is 32.0. The van der Waals surface area contributed by atoms with Gasteiger partial charge in [-0.05, 0) is 55.9 Å². The summed E-state index contributed by atoms with van der Waals surface area (Å²) in [6.07, 6.45) is 4.97. The highest BCUT2D eigenvalue weighted by Crippen LogP contribution is 2.83. The molecule has 8 rings (SSSR count). The maximum atomic E-state index is 13.2. The van der Waals surface area contributed by atoms with Gasteiger partial charge in [-0.3, -0.25) is 4.79 Å². The van der Waals surface area contributed by atoms with E-state index in [1.165, 1.54) is 18.6 Å². The number of epoxide rings is 3. The molecule has 0 amide bonds. The highest BCUT2D eigenvalue weighted by atomic mass is 33.1. The van der Waals surface area contributed by atoms with Crippen molar-refractivity contribution < 1.29 is 61.8 Å². The minimum absolute atomic E-state index is 0.0252. The number of hydrogen-bond donors (Lipinski definition) is 0. The number of rotatable bonds is 19. The highest BCUT2D eigenvalue weighted by molar-refractivity contribution is 8.77. The molecule has 13 nitrogen and oxygen atoms in total. The molecule has 0 aromatic rings. The fourth-order valence-electron chi connectivity index (χ4n) is 10.2. The van der Waals surface area contributed by atoms with Crippen molar-refractivity contribution in [3.8, 4) is 0 Å². The van der Waals surface area contributed by atoms with Crippen molar-refractivity contribution in [1.29, 1.82) is 0 Å². The Balaban J connectivity index is 0.716. The predicted molar refractivity (Wildman–Crippen MR) is 188 cm³/mol. The molecule has 10 atom stereocenters. The normalized spacial score (nSPS) is 40.1. The van der Waals surface area contributed by atoms with E-state index in [0.717, 1.165) is 35.7 Å². The number of hydrogen-bond acceptors (Lipinski definition) is 15. The first kappa shape index (κ1) is 37.3. The molecule has 0 radical (unpaired) electrons. The van der Waals surface area contributed by atoms with E-state index in [2.05, 4.69) is 20.8 Å². The van der Waals surface area contributed by atoms with Gasteiger partial charge in [0, 0.05) is 28.4 Å². The van der Waals surface area contributed by atoms with E-state index in [0.29, 0.717) is 58.9 Å². The van der Waals surface area contributed by atoms with Crippen LogP contribution >= 0.6 is 21.6 Å². The van der Waals surface area contributed by atoms with Crippen LogP contribution in [0.3, 0.4) is 0 Å². The first-order valence-corrected chi connectivity index (χ1v) is 21.5. The molecule has 3 aliphatic carbocycles. The van der Waals surface area contributed by atoms with Crippen LogP contribution in [-0.4, -0.2) is 130 Å². The highest BCUT2D eigenvalue weighted by Gasteiger charge is 3.01. The molecule has 6 fully saturated rings. The average Bonchev–Trinajstić information content (AvgIpc) is 4.07. The zero-order valence-electron chi connectivity index (χ0n) is 30.4. The molecule has 0 N–H and O–H groups in total. The van der Waals surface area contributed by atoms with Crippen molar-refractivity contribution in [3.05, 3.63) is 11.1 Å². The Morgan fingerprint density at radius 3 is 2.37 bits per heavy atom. The van der Waals surface area contributed by atoms with E-state index in [4.69, 9.17) is 47.4 Å². The molecule has 15 heteroatoms. The summed E-state index contributed by atoms with van der Waals surface area (Å²) >= 11 is 0. The fourth-order valence-corrected chi connectivity index (χ4v) is 13.2. The van der Waals surface area contributed by atoms with Gasteiger partial charge in [-0.2, -0.15) is 0 Å². The maximum Gasteiger partial charge on any atom is 0.508 e. The van der Waals surface area contributed by atoms with Crippen molar-refractivity contribution in [2.45, 2.75) is 119 Å². The van der Waals surface area contributed by atoms with Crippen LogP contribution in [0, 0.1) is 17.3 Å². The van der Waals surface area contributed by atoms with Crippen molar-refractivity contribution in [1.82, 2.24) is 0 Å².